The maximum absolute atomic E-state index is 11.4. The second-order valence-corrected chi connectivity index (χ2v) is 4.14. The lowest BCUT2D eigenvalue weighted by molar-refractivity contribution is -0.152. The van der Waals surface area contributed by atoms with E-state index >= 15 is 0 Å². The average Bonchev–Trinajstić information content (AvgIpc) is 2.13. The van der Waals surface area contributed by atoms with Crippen LogP contribution < -0.4 is 5.73 Å². The molecule has 0 spiro atoms. The third kappa shape index (κ3) is 7.33. The maximum Gasteiger partial charge on any atom is 0.323 e. The van der Waals surface area contributed by atoms with Crippen LogP contribution in [0, 0.1) is 5.92 Å². The quantitative estimate of drug-likeness (QED) is 0.653. The van der Waals surface area contributed by atoms with Gasteiger partial charge in [-0.05, 0) is 26.2 Å². The van der Waals surface area contributed by atoms with Crippen molar-refractivity contribution in [3.05, 3.63) is 0 Å². The molecule has 15 heavy (non-hydrogen) atoms. The Morgan fingerprint density at radius 1 is 1.33 bits per heavy atom. The normalized spacial score (nSPS) is 15.1. The number of ether oxygens (including phenoxy) is 2. The molecule has 0 aliphatic heterocycles. The van der Waals surface area contributed by atoms with Crippen LogP contribution in [0.2, 0.25) is 0 Å². The van der Waals surface area contributed by atoms with Crippen molar-refractivity contribution in [2.45, 2.75) is 46.3 Å². The lowest BCUT2D eigenvalue weighted by atomic mass is 10.1. The van der Waals surface area contributed by atoms with Gasteiger partial charge in [-0.1, -0.05) is 13.8 Å². The first-order valence-corrected chi connectivity index (χ1v) is 5.51. The van der Waals surface area contributed by atoms with Gasteiger partial charge < -0.3 is 15.2 Å². The van der Waals surface area contributed by atoms with E-state index in [1.165, 1.54) is 0 Å². The summed E-state index contributed by atoms with van der Waals surface area (Å²) >= 11 is 0. The molecule has 0 aromatic heterocycles. The number of nitrogens with two attached hydrogens (primary N) is 1. The summed E-state index contributed by atoms with van der Waals surface area (Å²) in [5.74, 6) is 0.0608. The van der Waals surface area contributed by atoms with E-state index in [1.807, 2.05) is 20.8 Å². The van der Waals surface area contributed by atoms with Crippen molar-refractivity contribution in [3.8, 4) is 0 Å². The lowest BCUT2D eigenvalue weighted by Crippen LogP contribution is -2.36. The molecule has 1 unspecified atom stereocenters. The van der Waals surface area contributed by atoms with Crippen LogP contribution in [0.3, 0.4) is 0 Å². The summed E-state index contributed by atoms with van der Waals surface area (Å²) in [5, 5.41) is 0. The van der Waals surface area contributed by atoms with Crippen molar-refractivity contribution in [2.75, 3.05) is 13.2 Å². The van der Waals surface area contributed by atoms with Crippen LogP contribution in [0.15, 0.2) is 0 Å². The monoisotopic (exact) mass is 217 g/mol. The fourth-order valence-electron chi connectivity index (χ4n) is 1.21. The van der Waals surface area contributed by atoms with Crippen LogP contribution in [-0.2, 0) is 14.3 Å². The summed E-state index contributed by atoms with van der Waals surface area (Å²) in [4.78, 5) is 11.4. The van der Waals surface area contributed by atoms with Gasteiger partial charge in [0.25, 0.3) is 0 Å². The Balaban J connectivity index is 3.80. The summed E-state index contributed by atoms with van der Waals surface area (Å²) in [6.45, 7) is 8.80. The minimum Gasteiger partial charge on any atom is -0.459 e. The van der Waals surface area contributed by atoms with E-state index in [4.69, 9.17) is 15.2 Å². The predicted molar refractivity (Wildman–Crippen MR) is 59.5 cm³/mol. The number of rotatable bonds is 7. The molecule has 2 N–H and O–H groups in total. The molecule has 0 rings (SSSR count). The molecular formula is C11H23NO3. The number of hydrogen-bond acceptors (Lipinski definition) is 4. The van der Waals surface area contributed by atoms with Crippen molar-refractivity contribution < 1.29 is 14.3 Å². The van der Waals surface area contributed by atoms with Crippen molar-refractivity contribution in [1.29, 1.82) is 0 Å². The molecule has 90 valence electrons. The first kappa shape index (κ1) is 14.4. The highest BCUT2D eigenvalue weighted by molar-refractivity contribution is 5.75. The van der Waals surface area contributed by atoms with Gasteiger partial charge in [0.15, 0.2) is 0 Å². The summed E-state index contributed by atoms with van der Waals surface area (Å²) in [5.41, 5.74) is 5.68. The molecule has 0 amide bonds. The largest absolute Gasteiger partial charge is 0.459 e. The Morgan fingerprint density at radius 3 is 2.40 bits per heavy atom. The molecular weight excluding hydrogens is 194 g/mol. The Hall–Kier alpha value is -0.610. The first-order chi connectivity index (χ1) is 6.97. The molecule has 0 saturated carbocycles. The number of hydrogen-bond donors (Lipinski definition) is 1. The Morgan fingerprint density at radius 2 is 1.93 bits per heavy atom. The van der Waals surface area contributed by atoms with E-state index in [9.17, 15) is 4.79 Å². The molecule has 4 nitrogen and oxygen atoms in total. The van der Waals surface area contributed by atoms with E-state index in [1.54, 1.807) is 6.92 Å². The van der Waals surface area contributed by atoms with Gasteiger partial charge in [0.1, 0.15) is 12.1 Å². The van der Waals surface area contributed by atoms with Gasteiger partial charge in [-0.3, -0.25) is 4.79 Å². The van der Waals surface area contributed by atoms with Crippen LogP contribution in [0.25, 0.3) is 0 Å². The van der Waals surface area contributed by atoms with Crippen molar-refractivity contribution in [1.82, 2.24) is 0 Å². The molecule has 0 heterocycles. The van der Waals surface area contributed by atoms with E-state index in [2.05, 4.69) is 0 Å². The van der Waals surface area contributed by atoms with Crippen molar-refractivity contribution in [2.24, 2.45) is 11.7 Å². The molecule has 0 aliphatic carbocycles. The van der Waals surface area contributed by atoms with Crippen LogP contribution in [0.1, 0.15) is 34.1 Å². The molecule has 0 aromatic carbocycles. The summed E-state index contributed by atoms with van der Waals surface area (Å²) in [6.07, 6.45) is 0.427. The highest BCUT2D eigenvalue weighted by Crippen LogP contribution is 2.05. The van der Waals surface area contributed by atoms with Crippen LogP contribution in [0.4, 0.5) is 0 Å². The van der Waals surface area contributed by atoms with E-state index in [0.29, 0.717) is 25.6 Å². The highest BCUT2D eigenvalue weighted by Gasteiger charge is 2.18. The Labute approximate surface area is 92.1 Å². The van der Waals surface area contributed by atoms with Crippen molar-refractivity contribution >= 4 is 5.97 Å². The number of carbonyl (C=O) groups excluding carboxylic acids is 1. The number of carbonyl (C=O) groups is 1. The zero-order valence-corrected chi connectivity index (χ0v) is 10.2. The van der Waals surface area contributed by atoms with Crippen LogP contribution in [0.5, 0.6) is 0 Å². The summed E-state index contributed by atoms with van der Waals surface area (Å²) in [6, 6.07) is -0.519. The SMILES string of the molecule is CCOCC(C)OC(=O)[C@H](N)CC(C)C. The predicted octanol–water partition coefficient (Wildman–Crippen LogP) is 1.33. The van der Waals surface area contributed by atoms with Crippen molar-refractivity contribution in [3.63, 3.8) is 0 Å². The smallest absolute Gasteiger partial charge is 0.323 e. The van der Waals surface area contributed by atoms with Gasteiger partial charge in [-0.25, -0.2) is 0 Å². The first-order valence-electron chi connectivity index (χ1n) is 5.51. The zero-order valence-electron chi connectivity index (χ0n) is 10.2. The van der Waals surface area contributed by atoms with E-state index < -0.39 is 6.04 Å². The lowest BCUT2D eigenvalue weighted by Gasteiger charge is -2.17. The standard InChI is InChI=1S/C11H23NO3/c1-5-14-7-9(4)15-11(13)10(12)6-8(2)3/h8-10H,5-7,12H2,1-4H3/t9?,10-/m1/s1. The van der Waals surface area contributed by atoms with Gasteiger partial charge in [0.2, 0.25) is 0 Å². The Kier molecular flexibility index (Phi) is 7.34. The topological polar surface area (TPSA) is 61.5 Å². The van der Waals surface area contributed by atoms with Gasteiger partial charge in [-0.2, -0.15) is 0 Å². The molecule has 0 aromatic rings. The second kappa shape index (κ2) is 7.65. The van der Waals surface area contributed by atoms with Crippen LogP contribution in [-0.4, -0.2) is 31.3 Å². The minimum atomic E-state index is -0.519. The molecule has 0 saturated heterocycles. The third-order valence-corrected chi connectivity index (χ3v) is 1.90. The molecule has 0 aliphatic rings. The molecule has 2 atom stereocenters. The van der Waals surface area contributed by atoms with Crippen LogP contribution >= 0.6 is 0 Å². The molecule has 0 radical (unpaired) electrons. The van der Waals surface area contributed by atoms with Gasteiger partial charge in [-0.15, -0.1) is 0 Å². The molecule has 4 heteroatoms. The fraction of sp³-hybridized carbons (Fsp3) is 0.909. The van der Waals surface area contributed by atoms with Gasteiger partial charge in [0, 0.05) is 6.61 Å². The average molecular weight is 217 g/mol. The van der Waals surface area contributed by atoms with E-state index in [0.717, 1.165) is 0 Å². The maximum atomic E-state index is 11.4. The second-order valence-electron chi connectivity index (χ2n) is 4.14. The fourth-order valence-corrected chi connectivity index (χ4v) is 1.21. The van der Waals surface area contributed by atoms with Gasteiger partial charge in [0.05, 0.1) is 6.61 Å². The number of esters is 1. The Bertz CT molecular complexity index is 183. The summed E-state index contributed by atoms with van der Waals surface area (Å²) in [7, 11) is 0. The molecule has 0 fully saturated rings. The minimum absolute atomic E-state index is 0.226. The third-order valence-electron chi connectivity index (χ3n) is 1.90. The zero-order chi connectivity index (χ0) is 11.8. The highest BCUT2D eigenvalue weighted by atomic mass is 16.6. The molecule has 0 bridgehead atoms. The summed E-state index contributed by atoms with van der Waals surface area (Å²) < 4.78 is 10.3. The van der Waals surface area contributed by atoms with E-state index in [-0.39, 0.29) is 12.1 Å². The van der Waals surface area contributed by atoms with Gasteiger partial charge >= 0.3 is 5.97 Å².